The van der Waals surface area contributed by atoms with Crippen LogP contribution in [0.2, 0.25) is 0 Å². The molecular weight excluding hydrogens is 286 g/mol. The van der Waals surface area contributed by atoms with Gasteiger partial charge in [-0.25, -0.2) is 0 Å². The van der Waals surface area contributed by atoms with Crippen LogP contribution in [0, 0.1) is 0 Å². The van der Waals surface area contributed by atoms with Gasteiger partial charge in [0.05, 0.1) is 5.54 Å². The van der Waals surface area contributed by atoms with Gasteiger partial charge in [-0.3, -0.25) is 9.69 Å². The van der Waals surface area contributed by atoms with E-state index in [0.29, 0.717) is 18.1 Å². The molecule has 3 unspecified atom stereocenters. The lowest BCUT2D eigenvalue weighted by atomic mass is 9.95. The second-order valence-corrected chi connectivity index (χ2v) is 7.13. The molecule has 2 bridgehead atoms. The van der Waals surface area contributed by atoms with Crippen LogP contribution < -0.4 is 5.73 Å². The fourth-order valence-electron chi connectivity index (χ4n) is 4.13. The highest BCUT2D eigenvalue weighted by Gasteiger charge is 2.41. The highest BCUT2D eigenvalue weighted by Crippen LogP contribution is 2.32. The largest absolute Gasteiger partial charge is 0.339 e. The van der Waals surface area contributed by atoms with Gasteiger partial charge < -0.3 is 10.6 Å². The highest BCUT2D eigenvalue weighted by molar-refractivity contribution is 5.86. The molecule has 0 spiro atoms. The van der Waals surface area contributed by atoms with Crippen LogP contribution in [0.4, 0.5) is 0 Å². The maximum Gasteiger partial charge on any atom is 0.242 e. The number of amides is 1. The molecule has 0 aromatic heterocycles. The Morgan fingerprint density at radius 3 is 2.48 bits per heavy atom. The van der Waals surface area contributed by atoms with Gasteiger partial charge in [0.15, 0.2) is 0 Å². The first-order chi connectivity index (χ1) is 9.36. The number of nitrogens with two attached hydrogens (primary N) is 1. The van der Waals surface area contributed by atoms with E-state index in [1.165, 1.54) is 12.8 Å². The second kappa shape index (κ2) is 7.30. The van der Waals surface area contributed by atoms with Crippen LogP contribution in [0.25, 0.3) is 0 Å². The van der Waals surface area contributed by atoms with Gasteiger partial charge in [0, 0.05) is 31.2 Å². The molecule has 2 rings (SSSR count). The quantitative estimate of drug-likeness (QED) is 0.866. The van der Waals surface area contributed by atoms with E-state index in [-0.39, 0.29) is 18.3 Å². The van der Waals surface area contributed by atoms with Crippen molar-refractivity contribution in [1.29, 1.82) is 0 Å². The maximum atomic E-state index is 12.7. The summed E-state index contributed by atoms with van der Waals surface area (Å²) >= 11 is 0. The Balaban J connectivity index is 0.00000220. The summed E-state index contributed by atoms with van der Waals surface area (Å²) in [5.41, 5.74) is 5.55. The Morgan fingerprint density at radius 2 is 1.90 bits per heavy atom. The number of nitrogens with zero attached hydrogens (tertiary/aromatic N) is 2. The van der Waals surface area contributed by atoms with Crippen molar-refractivity contribution in [1.82, 2.24) is 9.80 Å². The third-order valence-electron chi connectivity index (χ3n) is 4.98. The molecule has 0 aliphatic carbocycles. The van der Waals surface area contributed by atoms with Crippen molar-refractivity contribution in [3.05, 3.63) is 0 Å². The van der Waals surface area contributed by atoms with E-state index in [9.17, 15) is 4.79 Å². The fraction of sp³-hybridized carbons (Fsp3) is 0.938. The van der Waals surface area contributed by atoms with Crippen molar-refractivity contribution in [2.24, 2.45) is 5.73 Å². The summed E-state index contributed by atoms with van der Waals surface area (Å²) in [6.07, 6.45) is 5.34. The van der Waals surface area contributed by atoms with E-state index in [2.05, 4.69) is 25.7 Å². The molecule has 1 amide bonds. The Kier molecular flexibility index (Phi) is 6.51. The first-order valence-corrected chi connectivity index (χ1v) is 8.22. The molecule has 0 aromatic carbocycles. The number of carbonyl (C=O) groups excluding carboxylic acids is 1. The lowest BCUT2D eigenvalue weighted by Gasteiger charge is -2.34. The standard InChI is InChI=1S/C16H31N3O.ClH/c1-5-9-16(4,17)15(20)18-10-8-13-6-7-14(11-18)19(13)12(2)3;/h12-14H,5-11,17H2,1-4H3;1H. The van der Waals surface area contributed by atoms with Crippen LogP contribution in [0.5, 0.6) is 0 Å². The molecule has 0 radical (unpaired) electrons. The Labute approximate surface area is 135 Å². The molecule has 2 aliphatic heterocycles. The number of rotatable bonds is 4. The van der Waals surface area contributed by atoms with Gasteiger partial charge in [0.25, 0.3) is 0 Å². The normalized spacial score (nSPS) is 29.0. The SMILES string of the molecule is CCCC(C)(N)C(=O)N1CCC2CCC(C1)N2C(C)C.Cl. The number of likely N-dealkylation sites (tertiary alicyclic amines) is 1. The third kappa shape index (κ3) is 3.91. The van der Waals surface area contributed by atoms with Gasteiger partial charge in [-0.05, 0) is 46.5 Å². The predicted molar refractivity (Wildman–Crippen MR) is 89.7 cm³/mol. The fourth-order valence-corrected chi connectivity index (χ4v) is 4.13. The lowest BCUT2D eigenvalue weighted by molar-refractivity contribution is -0.137. The second-order valence-electron chi connectivity index (χ2n) is 7.13. The number of hydrogen-bond donors (Lipinski definition) is 1. The summed E-state index contributed by atoms with van der Waals surface area (Å²) in [6.45, 7) is 10.3. The Morgan fingerprint density at radius 1 is 1.29 bits per heavy atom. The zero-order valence-corrected chi connectivity index (χ0v) is 14.8. The maximum absolute atomic E-state index is 12.7. The number of hydrogen-bond acceptors (Lipinski definition) is 3. The summed E-state index contributed by atoms with van der Waals surface area (Å²) in [5, 5.41) is 0. The molecule has 124 valence electrons. The smallest absolute Gasteiger partial charge is 0.242 e. The highest BCUT2D eigenvalue weighted by atomic mass is 35.5. The van der Waals surface area contributed by atoms with Crippen molar-refractivity contribution in [2.45, 2.75) is 83.5 Å². The van der Waals surface area contributed by atoms with E-state index in [1.54, 1.807) is 0 Å². The summed E-state index contributed by atoms with van der Waals surface area (Å²) in [5.74, 6) is 0.149. The van der Waals surface area contributed by atoms with Gasteiger partial charge in [0.1, 0.15) is 0 Å². The molecule has 2 heterocycles. The molecule has 2 saturated heterocycles. The predicted octanol–water partition coefficient (Wildman–Crippen LogP) is 2.40. The molecule has 4 nitrogen and oxygen atoms in total. The van der Waals surface area contributed by atoms with Crippen LogP contribution in [-0.2, 0) is 4.79 Å². The van der Waals surface area contributed by atoms with Gasteiger partial charge in [-0.15, -0.1) is 12.4 Å². The van der Waals surface area contributed by atoms with Crippen molar-refractivity contribution >= 4 is 18.3 Å². The number of fused-ring (bicyclic) bond motifs is 2. The molecule has 2 N–H and O–H groups in total. The zero-order valence-electron chi connectivity index (χ0n) is 14.0. The van der Waals surface area contributed by atoms with E-state index in [1.807, 2.05) is 11.8 Å². The molecule has 2 fully saturated rings. The molecule has 3 atom stereocenters. The van der Waals surface area contributed by atoms with E-state index < -0.39 is 5.54 Å². The zero-order chi connectivity index (χ0) is 14.9. The molecular formula is C16H32ClN3O. The average molecular weight is 318 g/mol. The minimum Gasteiger partial charge on any atom is -0.339 e. The minimum atomic E-state index is -0.693. The number of halogens is 1. The van der Waals surface area contributed by atoms with Gasteiger partial charge in [-0.2, -0.15) is 0 Å². The third-order valence-corrected chi connectivity index (χ3v) is 4.98. The van der Waals surface area contributed by atoms with Crippen LogP contribution in [0.3, 0.4) is 0 Å². The van der Waals surface area contributed by atoms with Gasteiger partial charge >= 0.3 is 0 Å². The van der Waals surface area contributed by atoms with E-state index in [0.717, 1.165) is 32.4 Å². The molecule has 21 heavy (non-hydrogen) atoms. The van der Waals surface area contributed by atoms with Crippen molar-refractivity contribution in [2.75, 3.05) is 13.1 Å². The monoisotopic (exact) mass is 317 g/mol. The molecule has 5 heteroatoms. The van der Waals surface area contributed by atoms with Crippen LogP contribution in [0.1, 0.15) is 59.8 Å². The van der Waals surface area contributed by atoms with Crippen LogP contribution >= 0.6 is 12.4 Å². The van der Waals surface area contributed by atoms with Gasteiger partial charge in [-0.1, -0.05) is 13.3 Å². The topological polar surface area (TPSA) is 49.6 Å². The van der Waals surface area contributed by atoms with Crippen molar-refractivity contribution in [3.63, 3.8) is 0 Å². The van der Waals surface area contributed by atoms with Crippen molar-refractivity contribution in [3.8, 4) is 0 Å². The summed E-state index contributed by atoms with van der Waals surface area (Å²) in [6, 6.07) is 1.76. The summed E-state index contributed by atoms with van der Waals surface area (Å²) < 4.78 is 0. The minimum absolute atomic E-state index is 0. The van der Waals surface area contributed by atoms with Crippen molar-refractivity contribution < 1.29 is 4.79 Å². The number of carbonyl (C=O) groups is 1. The molecule has 2 aliphatic rings. The van der Waals surface area contributed by atoms with E-state index >= 15 is 0 Å². The Bertz CT molecular complexity index is 359. The molecule has 0 aromatic rings. The first kappa shape index (κ1) is 18.7. The lowest BCUT2D eigenvalue weighted by Crippen LogP contribution is -2.55. The van der Waals surface area contributed by atoms with E-state index in [4.69, 9.17) is 5.73 Å². The van der Waals surface area contributed by atoms with Crippen LogP contribution in [-0.4, -0.2) is 52.5 Å². The first-order valence-electron chi connectivity index (χ1n) is 8.22. The van der Waals surface area contributed by atoms with Gasteiger partial charge in [0.2, 0.25) is 5.91 Å². The molecule has 0 saturated carbocycles. The average Bonchev–Trinajstić information content (AvgIpc) is 2.63. The van der Waals surface area contributed by atoms with Crippen LogP contribution in [0.15, 0.2) is 0 Å². The Hall–Kier alpha value is -0.320. The summed E-state index contributed by atoms with van der Waals surface area (Å²) in [7, 11) is 0. The summed E-state index contributed by atoms with van der Waals surface area (Å²) in [4.78, 5) is 17.4.